The van der Waals surface area contributed by atoms with E-state index in [9.17, 15) is 18.0 Å². The molecule has 9 nitrogen and oxygen atoms in total. The zero-order valence-electron chi connectivity index (χ0n) is 19.9. The Kier molecular flexibility index (Phi) is 8.97. The Morgan fingerprint density at radius 3 is 2.58 bits per heavy atom. The van der Waals surface area contributed by atoms with Crippen LogP contribution >= 0.6 is 11.6 Å². The number of carbonyl (C=O) groups excluding carboxylic acids is 1. The maximum Gasteiger partial charge on any atom is 1.00 e. The van der Waals surface area contributed by atoms with Gasteiger partial charge in [-0.3, -0.25) is 4.72 Å². The number of hydrogen-bond donors (Lipinski definition) is 2. The molecule has 0 aliphatic rings. The molecule has 172 valence electrons. The third kappa shape index (κ3) is 6.50. The molecule has 3 aromatic rings. The number of aryl methyl sites for hydroxylation is 1. The Bertz CT molecular complexity index is 1360. The Morgan fingerprint density at radius 2 is 1.94 bits per heavy atom. The Hall–Kier alpha value is -2.08. The first kappa shape index (κ1) is 27.2. The average Bonchev–Trinajstić information content (AvgIpc) is 2.72. The van der Waals surface area contributed by atoms with Crippen LogP contribution in [0.3, 0.4) is 0 Å². The molecule has 1 aromatic heterocycles. The molecular formula is C21H23ClN3NaO6S. The van der Waals surface area contributed by atoms with Crippen LogP contribution in [-0.2, 0) is 16.6 Å². The number of nitrogens with zero attached hydrogens (tertiary/aromatic N) is 1. The van der Waals surface area contributed by atoms with Crippen molar-refractivity contribution in [1.29, 1.82) is 0 Å². The van der Waals surface area contributed by atoms with Gasteiger partial charge in [0.2, 0.25) is 0 Å². The Labute approximate surface area is 220 Å². The Balaban J connectivity index is 0.00000289. The molecular weight excluding hydrogens is 481 g/mol. The third-order valence-corrected chi connectivity index (χ3v) is 6.07. The van der Waals surface area contributed by atoms with Crippen molar-refractivity contribution in [2.24, 2.45) is 0 Å². The van der Waals surface area contributed by atoms with Crippen molar-refractivity contribution in [1.82, 2.24) is 9.62 Å². The van der Waals surface area contributed by atoms with E-state index >= 15 is 0 Å². The molecule has 0 atom stereocenters. The van der Waals surface area contributed by atoms with Crippen molar-refractivity contribution in [3.8, 4) is 5.75 Å². The van der Waals surface area contributed by atoms with Gasteiger partial charge < -0.3 is 15.5 Å². The third-order valence-electron chi connectivity index (χ3n) is 4.73. The second-order valence-corrected chi connectivity index (χ2v) is 9.25. The second-order valence-electron chi connectivity index (χ2n) is 7.22. The van der Waals surface area contributed by atoms with Crippen LogP contribution in [0.15, 0.2) is 45.6 Å². The number of halogens is 1. The van der Waals surface area contributed by atoms with Crippen molar-refractivity contribution < 1.29 is 53.4 Å². The summed E-state index contributed by atoms with van der Waals surface area (Å²) in [5, 5.41) is 0.792. The molecule has 3 rings (SSSR count). The predicted octanol–water partition coefficient (Wildman–Crippen LogP) is 0.399. The minimum atomic E-state index is -3.66. The normalized spacial score (nSPS) is 11.1. The summed E-state index contributed by atoms with van der Waals surface area (Å²) in [6.07, 6.45) is -0.399. The van der Waals surface area contributed by atoms with Gasteiger partial charge in [0.05, 0.1) is 10.7 Å². The minimum Gasteiger partial charge on any atom is -1.00 e. The standard InChI is InChI=1S/C21H22ClN3O6S.Na.H/c1-12-15-10-17(22)19(31-21(27)25(3)4)11-18(15)30-20(26)16(12)9-13-6-5-7-14(8-13)24-32(28,29)23-2;;/h5-8,10-11,23-24H,9H2,1-4H3;;/q;+1;-1. The molecule has 0 fully saturated rings. The summed E-state index contributed by atoms with van der Waals surface area (Å²) in [5.41, 5.74) is 1.81. The van der Waals surface area contributed by atoms with Gasteiger partial charge in [0, 0.05) is 44.6 Å². The van der Waals surface area contributed by atoms with E-state index in [1.54, 1.807) is 37.3 Å². The van der Waals surface area contributed by atoms with E-state index in [-0.39, 0.29) is 53.8 Å². The van der Waals surface area contributed by atoms with Crippen LogP contribution < -0.4 is 49.4 Å². The van der Waals surface area contributed by atoms with Gasteiger partial charge in [-0.2, -0.15) is 8.42 Å². The average molecular weight is 504 g/mol. The SMILES string of the molecule is CNS(=O)(=O)Nc1cccc(Cc2c(C)c3cc(Cl)c(OC(=O)N(C)C)cc3oc2=O)c1.[H-].[Na+]. The molecule has 0 aliphatic carbocycles. The van der Waals surface area contributed by atoms with Crippen molar-refractivity contribution in [2.75, 3.05) is 25.9 Å². The topological polar surface area (TPSA) is 118 Å². The van der Waals surface area contributed by atoms with Crippen molar-refractivity contribution in [2.45, 2.75) is 13.3 Å². The molecule has 0 saturated heterocycles. The summed E-state index contributed by atoms with van der Waals surface area (Å²) in [6.45, 7) is 1.77. The number of anilines is 1. The number of carbonyl (C=O) groups is 1. The smallest absolute Gasteiger partial charge is 1.00 e. The molecule has 1 amide bonds. The molecule has 12 heteroatoms. The number of benzene rings is 2. The number of hydrogen-bond acceptors (Lipinski definition) is 6. The number of fused-ring (bicyclic) bond motifs is 1. The van der Waals surface area contributed by atoms with Crippen LogP contribution in [0.5, 0.6) is 5.75 Å². The van der Waals surface area contributed by atoms with Gasteiger partial charge in [-0.1, -0.05) is 23.7 Å². The fraction of sp³-hybridized carbons (Fsp3) is 0.238. The molecule has 0 saturated carbocycles. The van der Waals surface area contributed by atoms with Gasteiger partial charge in [-0.25, -0.2) is 14.3 Å². The first-order valence-electron chi connectivity index (χ1n) is 9.46. The van der Waals surface area contributed by atoms with Crippen LogP contribution in [0.4, 0.5) is 10.5 Å². The molecule has 0 unspecified atom stereocenters. The first-order valence-corrected chi connectivity index (χ1v) is 11.3. The van der Waals surface area contributed by atoms with E-state index in [2.05, 4.69) is 9.44 Å². The van der Waals surface area contributed by atoms with Gasteiger partial charge in [-0.05, 0) is 36.2 Å². The molecule has 0 aliphatic heterocycles. The Morgan fingerprint density at radius 1 is 1.24 bits per heavy atom. The van der Waals surface area contributed by atoms with Crippen LogP contribution in [0.2, 0.25) is 5.02 Å². The molecule has 2 aromatic carbocycles. The van der Waals surface area contributed by atoms with Crippen LogP contribution in [0, 0.1) is 6.92 Å². The van der Waals surface area contributed by atoms with Crippen LogP contribution in [0.1, 0.15) is 18.1 Å². The predicted molar refractivity (Wildman–Crippen MR) is 124 cm³/mol. The zero-order valence-corrected chi connectivity index (χ0v) is 22.4. The maximum atomic E-state index is 12.7. The number of amides is 1. The molecule has 0 bridgehead atoms. The molecule has 2 N–H and O–H groups in total. The molecule has 0 spiro atoms. The van der Waals surface area contributed by atoms with Gasteiger partial charge in [-0.15, -0.1) is 0 Å². The van der Waals surface area contributed by atoms with Gasteiger partial charge in [0.25, 0.3) is 10.2 Å². The minimum absolute atomic E-state index is 0. The van der Waals surface area contributed by atoms with Crippen molar-refractivity contribution >= 4 is 44.6 Å². The zero-order chi connectivity index (χ0) is 23.6. The van der Waals surface area contributed by atoms with E-state index in [0.717, 1.165) is 0 Å². The summed E-state index contributed by atoms with van der Waals surface area (Å²) in [7, 11) is 0.704. The number of rotatable bonds is 6. The van der Waals surface area contributed by atoms with Crippen molar-refractivity contribution in [3.63, 3.8) is 0 Å². The van der Waals surface area contributed by atoms with E-state index < -0.39 is 21.9 Å². The van der Waals surface area contributed by atoms with Crippen LogP contribution in [-0.4, -0.2) is 40.6 Å². The summed E-state index contributed by atoms with van der Waals surface area (Å²) in [6, 6.07) is 9.68. The maximum absolute atomic E-state index is 12.7. The van der Waals surface area contributed by atoms with E-state index in [1.807, 2.05) is 0 Å². The quantitative estimate of drug-likeness (QED) is 0.371. The number of nitrogens with one attached hydrogen (secondary N) is 2. The fourth-order valence-electron chi connectivity index (χ4n) is 3.01. The van der Waals surface area contributed by atoms with Gasteiger partial charge in [0.1, 0.15) is 5.58 Å². The summed E-state index contributed by atoms with van der Waals surface area (Å²) < 4.78 is 38.7. The summed E-state index contributed by atoms with van der Waals surface area (Å²) >= 11 is 6.29. The first-order chi connectivity index (χ1) is 15.0. The van der Waals surface area contributed by atoms with Crippen molar-refractivity contribution in [3.05, 3.63) is 68.5 Å². The van der Waals surface area contributed by atoms with E-state index in [0.29, 0.717) is 27.8 Å². The van der Waals surface area contributed by atoms with Gasteiger partial charge in [0.15, 0.2) is 5.75 Å². The summed E-state index contributed by atoms with van der Waals surface area (Å²) in [5.74, 6) is 0.0812. The largest absolute Gasteiger partial charge is 1.00 e. The fourth-order valence-corrected chi connectivity index (χ4v) is 3.75. The number of ether oxygens (including phenoxy) is 1. The summed E-state index contributed by atoms with van der Waals surface area (Å²) in [4.78, 5) is 25.8. The van der Waals surface area contributed by atoms with E-state index in [4.69, 9.17) is 20.8 Å². The second kappa shape index (κ2) is 10.9. The van der Waals surface area contributed by atoms with E-state index in [1.165, 1.54) is 32.1 Å². The molecule has 33 heavy (non-hydrogen) atoms. The van der Waals surface area contributed by atoms with Gasteiger partial charge >= 0.3 is 41.3 Å². The molecule has 1 heterocycles. The van der Waals surface area contributed by atoms with Crippen LogP contribution in [0.25, 0.3) is 11.0 Å². The molecule has 0 radical (unpaired) electrons. The monoisotopic (exact) mass is 503 g/mol.